The van der Waals surface area contributed by atoms with Gasteiger partial charge in [-0.05, 0) is 143 Å². The van der Waals surface area contributed by atoms with Crippen molar-refractivity contribution >= 4 is 218 Å². The summed E-state index contributed by atoms with van der Waals surface area (Å²) in [6.07, 6.45) is 7.48. The number of phenolic OH excluding ortho intramolecular Hbond substituents is 4. The van der Waals surface area contributed by atoms with Gasteiger partial charge in [-0.1, -0.05) is 142 Å². The number of carbonyl (C=O) groups is 7. The SMILES string of the molecule is CC(C)(c1ccc(O)c(CCC[S-])c1)c1ccc(O)c(CCC[S-])c1.CC(C[S-])Cc1cc(C(C)(C)c2ccc(O)c(CC(C)C[S-])c2)ccc1O.CC(C[S-])Cn1c(=O)n(CC(C)C[S-])c(=O)n(CC(C)C[S-])c1=O.O=C(CC[S-])N1CN(C(=O)CC[S-])CN(C(=O)CC[S-])C1.O=C(CC[S-])NCNC(=O)CC[S-].O=C(OCCC[S-])c1cccc(C(=O)OCCC[S-])c1.[Y].[Y].[Y].[Y].[Y].[Y].[Y].[Y].[Y].[Y].[Y].[Y].[Y].[Y]. The number of aromatic hydroxyl groups is 4. The Morgan fingerprint density at radius 1 is 0.333 bits per heavy atom. The van der Waals surface area contributed by atoms with Crippen molar-refractivity contribution < 1.29 is 521 Å². The molecule has 1 saturated heterocycles. The average molecular weight is 3290 g/mol. The first-order chi connectivity index (χ1) is 61.8. The summed E-state index contributed by atoms with van der Waals surface area (Å²) in [4.78, 5) is 123. The summed E-state index contributed by atoms with van der Waals surface area (Å²) >= 11 is 68.6. The quantitative estimate of drug-likeness (QED) is 0.00898. The maximum atomic E-state index is 12.6. The third kappa shape index (κ3) is 71.2. The van der Waals surface area contributed by atoms with Crippen molar-refractivity contribution in [3.05, 3.63) is 184 Å². The first-order valence-electron chi connectivity index (χ1n) is 43.0. The van der Waals surface area contributed by atoms with E-state index in [2.05, 4.69) is 102 Å². The van der Waals surface area contributed by atoms with Crippen molar-refractivity contribution in [2.45, 2.75) is 176 Å². The molecule has 5 amide bonds. The summed E-state index contributed by atoms with van der Waals surface area (Å²) < 4.78 is 13.4. The Hall–Kier alpha value is 10.4. The largest absolute Gasteiger partial charge is 0.793 e. The molecule has 7 rings (SSSR count). The molecule has 5 unspecified atom stereocenters. The van der Waals surface area contributed by atoms with E-state index in [-0.39, 0.29) is 595 Å². The van der Waals surface area contributed by atoms with E-state index >= 15 is 0 Å². The molecule has 5 aromatic carbocycles. The predicted octanol–water partition coefficient (Wildman–Crippen LogP) is 9.04. The molecule has 144 heavy (non-hydrogen) atoms. The number of hydrogen-bond donors (Lipinski definition) is 6. The van der Waals surface area contributed by atoms with Crippen molar-refractivity contribution in [2.24, 2.45) is 29.6 Å². The van der Waals surface area contributed by atoms with E-state index < -0.39 is 29.0 Å². The van der Waals surface area contributed by atoms with E-state index in [4.69, 9.17) is 161 Å². The summed E-state index contributed by atoms with van der Waals surface area (Å²) in [5, 5.41) is 45.7. The van der Waals surface area contributed by atoms with Crippen LogP contribution in [0, 0.1) is 29.6 Å². The maximum absolute atomic E-state index is 12.6. The van der Waals surface area contributed by atoms with Crippen molar-refractivity contribution in [1.82, 2.24) is 39.0 Å². The Morgan fingerprint density at radius 3 is 0.812 bits per heavy atom. The Balaban J connectivity index is -0.000000129. The number of aryl methyl sites for hydroxylation is 2. The number of hydrogen-bond acceptors (Lipinski definition) is 30. The molecule has 0 bridgehead atoms. The van der Waals surface area contributed by atoms with Crippen LogP contribution in [0.4, 0.5) is 0 Å². The van der Waals surface area contributed by atoms with Crippen LogP contribution in [0.25, 0.3) is 0 Å². The molecular formula is C92H126N8O16S14Y14-14. The van der Waals surface area contributed by atoms with Crippen LogP contribution in [0.1, 0.15) is 185 Å². The number of carbonyl (C=O) groups excluding carboxylic acids is 7. The number of esters is 2. The molecule has 6 N–H and O–H groups in total. The molecule has 5 atom stereocenters. The summed E-state index contributed by atoms with van der Waals surface area (Å²) in [5.41, 5.74) is 6.75. The summed E-state index contributed by atoms with van der Waals surface area (Å²) in [5.74, 6) is 7.13. The zero-order valence-electron chi connectivity index (χ0n) is 83.7. The van der Waals surface area contributed by atoms with Gasteiger partial charge in [0.25, 0.3) is 0 Å². The van der Waals surface area contributed by atoms with E-state index in [1.807, 2.05) is 45.0 Å². The molecule has 24 nitrogen and oxygen atoms in total. The van der Waals surface area contributed by atoms with Crippen LogP contribution in [0.3, 0.4) is 0 Å². The van der Waals surface area contributed by atoms with Gasteiger partial charge in [0.1, 0.15) is 23.0 Å². The number of aromatic nitrogens is 3. The molecular weight excluding hydrogens is 3170 g/mol. The van der Waals surface area contributed by atoms with Gasteiger partial charge in [-0.2, -0.15) is 80.5 Å². The number of amides is 5. The maximum Gasteiger partial charge on any atom is 0.338 e. The molecule has 1 aromatic heterocycles. The Kier molecular flexibility index (Phi) is 134. The minimum atomic E-state index is -0.585. The summed E-state index contributed by atoms with van der Waals surface area (Å²) in [6.45, 7) is 20.4. The normalized spacial score (nSPS) is 11.7. The molecule has 770 valence electrons. The molecule has 6 aromatic rings. The minimum Gasteiger partial charge on any atom is -0.793 e. The smallest absolute Gasteiger partial charge is 0.338 e. The summed E-state index contributed by atoms with van der Waals surface area (Å²) in [7, 11) is 0. The molecule has 0 aliphatic carbocycles. The van der Waals surface area contributed by atoms with E-state index in [0.717, 1.165) is 96.7 Å². The van der Waals surface area contributed by atoms with Crippen LogP contribution >= 0.6 is 0 Å². The van der Waals surface area contributed by atoms with E-state index in [1.54, 1.807) is 42.5 Å². The first kappa shape index (κ1) is 182. The third-order valence-electron chi connectivity index (χ3n) is 20.5. The summed E-state index contributed by atoms with van der Waals surface area (Å²) in [6, 6.07) is 29.6. The molecule has 2 heterocycles. The van der Waals surface area contributed by atoms with Crippen molar-refractivity contribution in [3.63, 3.8) is 0 Å². The number of benzene rings is 5. The minimum absolute atomic E-state index is 0. The molecule has 0 spiro atoms. The van der Waals surface area contributed by atoms with E-state index in [0.29, 0.717) is 152 Å². The fraction of sp³-hybridized carbons (Fsp3) is 0.565. The van der Waals surface area contributed by atoms with Gasteiger partial charge in [-0.3, -0.25) is 24.0 Å². The van der Waals surface area contributed by atoms with Crippen LogP contribution in [0.2, 0.25) is 0 Å². The van der Waals surface area contributed by atoms with Gasteiger partial charge in [0, 0.05) is 520 Å². The van der Waals surface area contributed by atoms with Gasteiger partial charge in [-0.25, -0.2) is 37.7 Å². The molecule has 0 saturated carbocycles. The van der Waals surface area contributed by atoms with Crippen molar-refractivity contribution in [1.29, 1.82) is 0 Å². The van der Waals surface area contributed by atoms with Crippen molar-refractivity contribution in [2.75, 3.05) is 120 Å². The van der Waals surface area contributed by atoms with Gasteiger partial charge < -0.3 is 232 Å². The standard InChI is InChI=1S/C23H32O2S2.C21H28O2S2.C15H27N3O3S3.C14H18O4S2.C12H21N3O3S3.C7H14N2O2S2.14Y/c1-15(13-26)9-17-11-19(5-7-21(17)24)23(3,4)20-6-8-22(25)18(12-20)10-16(2)14-27;1-21(2,17-7-9-19(22)15(13-17)5-3-11-24)18-8-10-20(23)16(14-18)6-4-12-25;1-10(7-22)4-16-13(19)17(5-11(2)8-23)15(21)18(14(16)20)6-12(3)9-24;15-13(17-6-2-8-19)11-4-1-5-12(10-11)14(16)18-7-3-9-20;16-10(1-4-19)13-7-14(11(17)2-5-20)9-15(8-13)12(18)3-6-21;10-6(1-3-12)8-5-9-7(11)2-4-13;;;;;;;;;;;;;;/h5-8,11-12,15-16,24-27H,9-10,13-14H2,1-4H3;7-10,13-14,22-25H,3-6,11-12H2,1-2H3;10-12,22-24H,4-9H2,1-3H3;1,4-5,10,19-20H,2-3,6-9H2;19-21H,1-9H2;12-13H,1-5H2,(H,8,10)(H,9,11);;;;;;;;;;;;;;/p-14. The molecule has 14 radical (unpaired) electrons. The van der Waals surface area contributed by atoms with Crippen LogP contribution < -0.4 is 27.7 Å². The number of nitrogens with zero attached hydrogens (tertiary/aromatic N) is 6. The predicted molar refractivity (Wildman–Crippen MR) is 553 cm³/mol. The monoisotopic (exact) mass is 3290 g/mol. The molecule has 1 fully saturated rings. The van der Waals surface area contributed by atoms with Gasteiger partial charge >= 0.3 is 29.0 Å². The number of rotatable bonds is 45. The van der Waals surface area contributed by atoms with Crippen LogP contribution in [0.5, 0.6) is 23.0 Å². The van der Waals surface area contributed by atoms with Crippen LogP contribution in [-0.4, -0.2) is 211 Å². The zero-order chi connectivity index (χ0) is 97.8. The Labute approximate surface area is 1290 Å². The zero-order valence-corrected chi connectivity index (χ0v) is 135. The Morgan fingerprint density at radius 2 is 0.576 bits per heavy atom. The van der Waals surface area contributed by atoms with Gasteiger partial charge in [0.15, 0.2) is 0 Å². The van der Waals surface area contributed by atoms with Gasteiger partial charge in [0.05, 0.1) is 51.0 Å². The molecule has 1 aliphatic heterocycles. The van der Waals surface area contributed by atoms with Gasteiger partial charge in [-0.15, -0.1) is 0 Å². The molecule has 1 aliphatic rings. The van der Waals surface area contributed by atoms with E-state index in [9.17, 15) is 68.4 Å². The fourth-order valence-corrected chi connectivity index (χ4v) is 14.5. The fourth-order valence-electron chi connectivity index (χ4n) is 12.5. The van der Waals surface area contributed by atoms with Crippen LogP contribution in [-0.2, 0) is 724 Å². The first-order valence-corrected chi connectivity index (χ1v) is 51.0. The Bertz CT molecular complexity index is 4340. The van der Waals surface area contributed by atoms with Gasteiger partial charge in [0.2, 0.25) is 29.5 Å². The topological polar surface area (TPSA) is 319 Å². The number of ether oxygens (including phenoxy) is 2. The second-order valence-corrected chi connectivity index (χ2v) is 37.9. The van der Waals surface area contributed by atoms with Crippen LogP contribution in [0.15, 0.2) is 111 Å². The number of phenols is 4. The second-order valence-electron chi connectivity index (χ2n) is 32.5. The van der Waals surface area contributed by atoms with Crippen molar-refractivity contribution in [3.8, 4) is 23.0 Å². The third-order valence-corrected chi connectivity index (χ3v) is 25.5. The van der Waals surface area contributed by atoms with E-state index in [1.165, 1.54) is 20.8 Å². The average Bonchev–Trinajstić information content (AvgIpc) is 1.75. The second kappa shape index (κ2) is 106. The molecule has 52 heteroatoms. The number of nitrogens with one attached hydrogen (secondary N) is 2.